The van der Waals surface area contributed by atoms with Crippen molar-refractivity contribution in [3.05, 3.63) is 27.5 Å². The summed E-state index contributed by atoms with van der Waals surface area (Å²) in [5, 5.41) is -1.34. The van der Waals surface area contributed by atoms with Gasteiger partial charge in [-0.25, -0.2) is 13.2 Å². The fraction of sp³-hybridized carbons (Fsp3) is 0.400. The van der Waals surface area contributed by atoms with Gasteiger partial charge in [0, 0.05) is 13.1 Å². The predicted octanol–water partition coefficient (Wildman–Crippen LogP) is 3.25. The van der Waals surface area contributed by atoms with Crippen molar-refractivity contribution < 1.29 is 17.9 Å². The van der Waals surface area contributed by atoms with Crippen molar-refractivity contribution in [2.45, 2.75) is 0 Å². The zero-order valence-corrected chi connectivity index (χ0v) is 10.1. The summed E-state index contributed by atoms with van der Waals surface area (Å²) in [6.07, 6.45) is 0. The van der Waals surface area contributed by atoms with Crippen LogP contribution >= 0.6 is 23.2 Å². The number of ether oxygens (including phenoxy) is 1. The Hall–Kier alpha value is -0.650. The van der Waals surface area contributed by atoms with Crippen LogP contribution in [0.15, 0.2) is 0 Å². The van der Waals surface area contributed by atoms with Crippen LogP contribution < -0.4 is 4.90 Å². The number of benzene rings is 1. The lowest BCUT2D eigenvalue weighted by molar-refractivity contribution is 0.122. The molecule has 0 atom stereocenters. The maximum absolute atomic E-state index is 13.8. The average molecular weight is 286 g/mol. The number of rotatable bonds is 1. The summed E-state index contributed by atoms with van der Waals surface area (Å²) in [6.45, 7) is 1.18. The summed E-state index contributed by atoms with van der Waals surface area (Å²) in [6, 6.07) is 0. The van der Waals surface area contributed by atoms with Gasteiger partial charge in [0.1, 0.15) is 15.7 Å². The quantitative estimate of drug-likeness (QED) is 0.580. The maximum atomic E-state index is 13.8. The van der Waals surface area contributed by atoms with Crippen molar-refractivity contribution in [2.24, 2.45) is 0 Å². The molecule has 0 amide bonds. The van der Waals surface area contributed by atoms with Gasteiger partial charge in [-0.2, -0.15) is 0 Å². The summed E-state index contributed by atoms with van der Waals surface area (Å²) in [4.78, 5) is 1.35. The van der Waals surface area contributed by atoms with Crippen LogP contribution in [-0.2, 0) is 4.74 Å². The second-order valence-electron chi connectivity index (χ2n) is 3.52. The molecule has 17 heavy (non-hydrogen) atoms. The minimum absolute atomic E-state index is 0.269. The molecule has 0 spiro atoms. The molecule has 0 aliphatic carbocycles. The molecule has 1 aliphatic heterocycles. The van der Waals surface area contributed by atoms with Crippen LogP contribution in [0.4, 0.5) is 18.9 Å². The van der Waals surface area contributed by atoms with E-state index in [1.165, 1.54) is 4.90 Å². The third kappa shape index (κ3) is 2.19. The summed E-state index contributed by atoms with van der Waals surface area (Å²) in [7, 11) is 0. The van der Waals surface area contributed by atoms with Crippen LogP contribution in [-0.4, -0.2) is 26.3 Å². The second-order valence-corrected chi connectivity index (χ2v) is 4.27. The number of hydrogen-bond donors (Lipinski definition) is 0. The number of morpholine rings is 1. The molecule has 7 heteroatoms. The Morgan fingerprint density at radius 2 is 1.41 bits per heavy atom. The molecule has 94 valence electrons. The smallest absolute Gasteiger partial charge is 0.186 e. The first kappa shape index (κ1) is 12.8. The summed E-state index contributed by atoms with van der Waals surface area (Å²) in [5.41, 5.74) is -0.486. The van der Waals surface area contributed by atoms with Crippen LogP contribution in [0.2, 0.25) is 10.0 Å². The van der Waals surface area contributed by atoms with E-state index in [-0.39, 0.29) is 13.1 Å². The molecule has 1 heterocycles. The highest BCUT2D eigenvalue weighted by Gasteiger charge is 2.27. The van der Waals surface area contributed by atoms with Gasteiger partial charge in [0.05, 0.1) is 13.2 Å². The summed E-state index contributed by atoms with van der Waals surface area (Å²) in [5.74, 6) is -3.70. The highest BCUT2D eigenvalue weighted by molar-refractivity contribution is 6.42. The Kier molecular flexibility index (Phi) is 3.70. The van der Waals surface area contributed by atoms with Crippen molar-refractivity contribution in [3.63, 3.8) is 0 Å². The number of hydrogen-bond acceptors (Lipinski definition) is 2. The molecule has 2 rings (SSSR count). The molecule has 0 N–H and O–H groups in total. The van der Waals surface area contributed by atoms with Crippen LogP contribution in [0.25, 0.3) is 0 Å². The van der Waals surface area contributed by atoms with E-state index < -0.39 is 33.2 Å². The lowest BCUT2D eigenvalue weighted by Gasteiger charge is -2.29. The van der Waals surface area contributed by atoms with E-state index in [2.05, 4.69) is 0 Å². The average Bonchev–Trinajstić information content (AvgIpc) is 2.36. The molecule has 0 aromatic heterocycles. The van der Waals surface area contributed by atoms with Crippen molar-refractivity contribution >= 4 is 28.9 Å². The first-order chi connectivity index (χ1) is 8.04. The molecule has 0 bridgehead atoms. The highest BCUT2D eigenvalue weighted by atomic mass is 35.5. The fourth-order valence-electron chi connectivity index (χ4n) is 1.66. The number of nitrogens with zero attached hydrogens (tertiary/aromatic N) is 1. The van der Waals surface area contributed by atoms with Gasteiger partial charge in [-0.05, 0) is 0 Å². The minimum Gasteiger partial charge on any atom is -0.378 e. The Balaban J connectivity index is 2.52. The molecular formula is C10H8Cl2F3NO. The zero-order chi connectivity index (χ0) is 12.6. The van der Waals surface area contributed by atoms with Crippen molar-refractivity contribution in [2.75, 3.05) is 31.2 Å². The lowest BCUT2D eigenvalue weighted by Crippen LogP contribution is -2.37. The van der Waals surface area contributed by atoms with Gasteiger partial charge < -0.3 is 9.64 Å². The molecule has 0 saturated carbocycles. The topological polar surface area (TPSA) is 12.5 Å². The number of halogens is 5. The zero-order valence-electron chi connectivity index (χ0n) is 8.57. The molecule has 1 aromatic rings. The van der Waals surface area contributed by atoms with Gasteiger partial charge in [0.25, 0.3) is 0 Å². The van der Waals surface area contributed by atoms with E-state index in [4.69, 9.17) is 27.9 Å². The standard InChI is InChI=1S/C10H8Cl2F3NO/c11-5-6(12)8(14)10(9(15)7(5)13)16-1-3-17-4-2-16/h1-4H2. The van der Waals surface area contributed by atoms with Crippen molar-refractivity contribution in [1.29, 1.82) is 0 Å². The SMILES string of the molecule is Fc1c(F)c(N2CCOCC2)c(F)c(Cl)c1Cl. The van der Waals surface area contributed by atoms with E-state index in [9.17, 15) is 13.2 Å². The fourth-order valence-corrected chi connectivity index (χ4v) is 2.00. The Labute approximate surface area is 106 Å². The van der Waals surface area contributed by atoms with Crippen LogP contribution in [0.3, 0.4) is 0 Å². The van der Waals surface area contributed by atoms with Gasteiger partial charge in [-0.3, -0.25) is 0 Å². The Morgan fingerprint density at radius 1 is 0.882 bits per heavy atom. The third-order valence-corrected chi connectivity index (χ3v) is 3.32. The third-order valence-electron chi connectivity index (χ3n) is 2.51. The van der Waals surface area contributed by atoms with Crippen LogP contribution in [0.1, 0.15) is 0 Å². The van der Waals surface area contributed by atoms with Gasteiger partial charge in [-0.15, -0.1) is 0 Å². The van der Waals surface area contributed by atoms with Crippen molar-refractivity contribution in [3.8, 4) is 0 Å². The summed E-state index contributed by atoms with van der Waals surface area (Å²) >= 11 is 10.9. The molecular weight excluding hydrogens is 278 g/mol. The molecule has 2 nitrogen and oxygen atoms in total. The minimum atomic E-state index is -1.33. The molecule has 1 fully saturated rings. The van der Waals surface area contributed by atoms with Gasteiger partial charge >= 0.3 is 0 Å². The van der Waals surface area contributed by atoms with Gasteiger partial charge in [-0.1, -0.05) is 23.2 Å². The highest BCUT2D eigenvalue weighted by Crippen LogP contribution is 2.37. The predicted molar refractivity (Wildman–Crippen MR) is 59.4 cm³/mol. The van der Waals surface area contributed by atoms with E-state index >= 15 is 0 Å². The van der Waals surface area contributed by atoms with Crippen LogP contribution in [0, 0.1) is 17.5 Å². The molecule has 1 aromatic carbocycles. The number of anilines is 1. The Morgan fingerprint density at radius 3 is 2.00 bits per heavy atom. The molecule has 0 unspecified atom stereocenters. The first-order valence-corrected chi connectivity index (χ1v) is 5.63. The largest absolute Gasteiger partial charge is 0.378 e. The lowest BCUT2D eigenvalue weighted by atomic mass is 10.2. The molecule has 1 saturated heterocycles. The van der Waals surface area contributed by atoms with Crippen molar-refractivity contribution in [1.82, 2.24) is 0 Å². The normalized spacial score (nSPS) is 16.4. The Bertz CT molecular complexity index is 421. The van der Waals surface area contributed by atoms with E-state index in [0.717, 1.165) is 0 Å². The van der Waals surface area contributed by atoms with Crippen LogP contribution in [0.5, 0.6) is 0 Å². The monoisotopic (exact) mass is 285 g/mol. The van der Waals surface area contributed by atoms with E-state index in [1.807, 2.05) is 0 Å². The first-order valence-electron chi connectivity index (χ1n) is 4.88. The summed E-state index contributed by atoms with van der Waals surface area (Å²) < 4.78 is 45.8. The van der Waals surface area contributed by atoms with E-state index in [0.29, 0.717) is 13.2 Å². The second kappa shape index (κ2) is 4.92. The molecule has 0 radical (unpaired) electrons. The van der Waals surface area contributed by atoms with Gasteiger partial charge in [0.15, 0.2) is 17.5 Å². The van der Waals surface area contributed by atoms with Gasteiger partial charge in [0.2, 0.25) is 0 Å². The van der Waals surface area contributed by atoms with E-state index in [1.54, 1.807) is 0 Å². The maximum Gasteiger partial charge on any atom is 0.186 e. The molecule has 1 aliphatic rings.